The van der Waals surface area contributed by atoms with Crippen LogP contribution in [0.4, 0.5) is 0 Å². The van der Waals surface area contributed by atoms with Gasteiger partial charge in [-0.3, -0.25) is 19.2 Å². The molecule has 4 aromatic rings. The van der Waals surface area contributed by atoms with E-state index in [4.69, 9.17) is 87.0 Å². The minimum atomic E-state index is -2.50. The molecule has 0 aliphatic carbocycles. The molecule has 0 spiro atoms. The minimum absolute atomic E-state index is 0.0284. The summed E-state index contributed by atoms with van der Waals surface area (Å²) in [6.45, 7) is 10.9. The van der Waals surface area contributed by atoms with E-state index < -0.39 is 106 Å². The van der Waals surface area contributed by atoms with Crippen molar-refractivity contribution in [3.8, 4) is 0 Å². The molecule has 1 N–H and O–H groups in total. The maximum atomic E-state index is 14.0. The summed E-state index contributed by atoms with van der Waals surface area (Å²) in [4.78, 5) is 59.6. The quantitative estimate of drug-likeness (QED) is 0.0362. The summed E-state index contributed by atoms with van der Waals surface area (Å²) in [6.07, 6.45) is -13.1. The lowest BCUT2D eigenvalue weighted by Gasteiger charge is -2.47. The van der Waals surface area contributed by atoms with Gasteiger partial charge in [-0.25, -0.2) is 10.3 Å². The number of hydrogen-bond donors (Lipinski definition) is 1. The van der Waals surface area contributed by atoms with Crippen LogP contribution < -0.4 is 5.48 Å². The molecule has 2 aliphatic heterocycles. The summed E-state index contributed by atoms with van der Waals surface area (Å²) >= 11 is 17.7. The number of hydroxylamine groups is 1. The lowest BCUT2D eigenvalue weighted by Crippen LogP contribution is -2.65. The van der Waals surface area contributed by atoms with Crippen molar-refractivity contribution in [2.45, 2.75) is 140 Å². The first-order valence-corrected chi connectivity index (χ1v) is 24.9. The van der Waals surface area contributed by atoms with Crippen molar-refractivity contribution < 1.29 is 71.4 Å². The number of esters is 3. The van der Waals surface area contributed by atoms with Crippen LogP contribution in [0, 0.1) is 10.8 Å². The predicted octanol–water partition coefficient (Wildman–Crippen LogP) is 8.69. The highest BCUT2D eigenvalue weighted by atomic mass is 35.6. The molecule has 2 saturated heterocycles. The van der Waals surface area contributed by atoms with Gasteiger partial charge in [0.25, 0.3) is 9.70 Å². The highest BCUT2D eigenvalue weighted by Gasteiger charge is 2.55. The summed E-state index contributed by atoms with van der Waals surface area (Å²) in [6, 6.07) is 37.7. The van der Waals surface area contributed by atoms with Crippen molar-refractivity contribution in [1.29, 1.82) is 0 Å². The van der Waals surface area contributed by atoms with Gasteiger partial charge in [0.05, 0.1) is 50.5 Å². The molecule has 6 rings (SSSR count). The normalized spacial score (nSPS) is 24.5. The molecule has 0 saturated carbocycles. The topological polar surface area (TPSA) is 182 Å². The Morgan fingerprint density at radius 1 is 0.479 bits per heavy atom. The fourth-order valence-corrected chi connectivity index (χ4v) is 7.67. The zero-order valence-corrected chi connectivity index (χ0v) is 44.1. The Bertz CT molecular complexity index is 2350. The lowest BCUT2D eigenvalue weighted by atomic mass is 9.94. The first kappa shape index (κ1) is 57.6. The average molecular weight is 1070 g/mol. The minimum Gasteiger partial charge on any atom is -0.455 e. The Morgan fingerprint density at radius 2 is 0.863 bits per heavy atom. The SMILES string of the molecule is CC(=O)O[C@@H]1[C@@H](OC[C@H]2O[C@H](ONC(=O)C(Cl)(Cl)Cl)[C@@H](OC(=O)C(C)(C)C)[C@@H](OC(=O)C(C)(C)C)[C@@H]2OCc2ccccc2)O[C@H](COCc2ccccc2)[C@@H](OCc2ccccc2)[C@@H]1OCc1ccccc1. The summed E-state index contributed by atoms with van der Waals surface area (Å²) in [5.41, 5.74) is 3.20. The van der Waals surface area contributed by atoms with Crippen LogP contribution in [-0.4, -0.2) is 102 Å². The van der Waals surface area contributed by atoms with Crippen LogP contribution in [-0.2, 0) is 97.8 Å². The van der Waals surface area contributed by atoms with Gasteiger partial charge in [0.1, 0.15) is 30.5 Å². The van der Waals surface area contributed by atoms with E-state index in [2.05, 4.69) is 5.48 Å². The number of alkyl halides is 3. The van der Waals surface area contributed by atoms with Crippen LogP contribution in [0.1, 0.15) is 70.7 Å². The molecule has 16 nitrogen and oxygen atoms in total. The van der Waals surface area contributed by atoms with Crippen LogP contribution in [0.3, 0.4) is 0 Å². The van der Waals surface area contributed by atoms with Gasteiger partial charge in [0.15, 0.2) is 24.6 Å². The summed E-state index contributed by atoms with van der Waals surface area (Å²) in [5, 5.41) is 0. The number of carbonyl (C=O) groups is 4. The highest BCUT2D eigenvalue weighted by Crippen LogP contribution is 2.36. The molecule has 0 aromatic heterocycles. The fraction of sp³-hybridized carbons (Fsp3) is 0.481. The van der Waals surface area contributed by atoms with E-state index in [1.54, 1.807) is 41.5 Å². The Labute approximate surface area is 441 Å². The van der Waals surface area contributed by atoms with Gasteiger partial charge < -0.3 is 47.4 Å². The Balaban J connectivity index is 1.41. The van der Waals surface area contributed by atoms with Crippen molar-refractivity contribution in [3.63, 3.8) is 0 Å². The molecule has 0 radical (unpaired) electrons. The van der Waals surface area contributed by atoms with Gasteiger partial charge >= 0.3 is 17.9 Å². The summed E-state index contributed by atoms with van der Waals surface area (Å²) in [7, 11) is 0. The number of carbonyl (C=O) groups excluding carboxylic acids is 4. The van der Waals surface area contributed by atoms with E-state index in [9.17, 15) is 19.2 Å². The molecular formula is C54H64Cl3NO15. The number of ether oxygens (including phenoxy) is 10. The Morgan fingerprint density at radius 3 is 1.30 bits per heavy atom. The second-order valence-corrected chi connectivity index (χ2v) is 21.8. The zero-order chi connectivity index (χ0) is 52.8. The number of nitrogens with one attached hydrogen (secondary N) is 1. The predicted molar refractivity (Wildman–Crippen MR) is 268 cm³/mol. The first-order valence-electron chi connectivity index (χ1n) is 23.8. The highest BCUT2D eigenvalue weighted by molar-refractivity contribution is 6.76. The van der Waals surface area contributed by atoms with E-state index in [0.717, 1.165) is 22.3 Å². The number of hydrogen-bond acceptors (Lipinski definition) is 15. The van der Waals surface area contributed by atoms with Crippen LogP contribution in [0.25, 0.3) is 0 Å². The first-order chi connectivity index (χ1) is 34.7. The van der Waals surface area contributed by atoms with E-state index in [-0.39, 0.29) is 33.0 Å². The second-order valence-electron chi connectivity index (χ2n) is 19.6. The molecular weight excluding hydrogens is 1010 g/mol. The van der Waals surface area contributed by atoms with Crippen molar-refractivity contribution in [3.05, 3.63) is 144 Å². The molecule has 1 amide bonds. The van der Waals surface area contributed by atoms with Gasteiger partial charge in [-0.15, -0.1) is 0 Å². The molecule has 73 heavy (non-hydrogen) atoms. The number of rotatable bonds is 21. The molecule has 2 aliphatic rings. The summed E-state index contributed by atoms with van der Waals surface area (Å²) < 4.78 is 62.1. The third-order valence-electron chi connectivity index (χ3n) is 11.4. The van der Waals surface area contributed by atoms with Crippen molar-refractivity contribution in [1.82, 2.24) is 5.48 Å². The second kappa shape index (κ2) is 26.7. The Hall–Kier alpha value is -4.69. The van der Waals surface area contributed by atoms with E-state index in [1.807, 2.05) is 121 Å². The van der Waals surface area contributed by atoms with Crippen molar-refractivity contribution >= 4 is 58.6 Å². The van der Waals surface area contributed by atoms with Gasteiger partial charge in [-0.1, -0.05) is 156 Å². The largest absolute Gasteiger partial charge is 0.455 e. The Kier molecular flexibility index (Phi) is 21.1. The standard InChI is InChI=1S/C54H64Cl3NO15/c1-34(59)68-45-43(66-31-38-26-18-11-19-27-38)41(64-29-36-22-14-9-15-23-36)39(32-63-28-35-20-12-8-13-21-35)69-47(45)67-33-40-42(65-30-37-24-16-10-17-25-37)44(71-50(61)52(2,3)4)46(72-51(62)53(5,6)7)48(70-40)73-58-49(60)54(55,56)57/h8-27,39-48H,28-33H2,1-7H3,(H,58,60)/t39-,40-,41-,42-,43+,44+,45+,46+,47+,48-/m1/s1. The zero-order valence-electron chi connectivity index (χ0n) is 41.8. The van der Waals surface area contributed by atoms with Gasteiger partial charge in [0.2, 0.25) is 6.29 Å². The molecule has 4 aromatic carbocycles. The molecule has 10 atom stereocenters. The number of benzene rings is 4. The van der Waals surface area contributed by atoms with E-state index in [0.29, 0.717) is 0 Å². The third kappa shape index (κ3) is 17.4. The lowest BCUT2D eigenvalue weighted by molar-refractivity contribution is -0.348. The van der Waals surface area contributed by atoms with E-state index >= 15 is 0 Å². The molecule has 396 valence electrons. The van der Waals surface area contributed by atoms with Gasteiger partial charge in [0, 0.05) is 6.92 Å². The van der Waals surface area contributed by atoms with Crippen LogP contribution >= 0.6 is 34.8 Å². The fourth-order valence-electron chi connectivity index (χ4n) is 7.55. The smallest absolute Gasteiger partial charge is 0.311 e. The van der Waals surface area contributed by atoms with Crippen molar-refractivity contribution in [2.75, 3.05) is 13.2 Å². The number of amides is 1. The maximum absolute atomic E-state index is 14.0. The number of halogens is 3. The van der Waals surface area contributed by atoms with Gasteiger partial charge in [-0.2, -0.15) is 0 Å². The van der Waals surface area contributed by atoms with Crippen LogP contribution in [0.5, 0.6) is 0 Å². The van der Waals surface area contributed by atoms with Crippen LogP contribution in [0.15, 0.2) is 121 Å². The molecule has 2 heterocycles. The average Bonchev–Trinajstić information content (AvgIpc) is 3.35. The third-order valence-corrected chi connectivity index (χ3v) is 11.9. The van der Waals surface area contributed by atoms with E-state index in [1.165, 1.54) is 6.92 Å². The van der Waals surface area contributed by atoms with Crippen LogP contribution in [0.2, 0.25) is 0 Å². The molecule has 0 bridgehead atoms. The van der Waals surface area contributed by atoms with Crippen molar-refractivity contribution in [2.24, 2.45) is 10.8 Å². The maximum Gasteiger partial charge on any atom is 0.311 e. The monoisotopic (exact) mass is 1070 g/mol. The molecule has 19 heteroatoms. The molecule has 0 unspecified atom stereocenters. The van der Waals surface area contributed by atoms with Gasteiger partial charge in [-0.05, 0) is 63.8 Å². The molecule has 2 fully saturated rings. The summed E-state index contributed by atoms with van der Waals surface area (Å²) in [5.74, 6) is -3.35.